The van der Waals surface area contributed by atoms with Crippen molar-refractivity contribution in [1.82, 2.24) is 25.2 Å². The van der Waals surface area contributed by atoms with E-state index >= 15 is 0 Å². The number of rotatable bonds is 6. The van der Waals surface area contributed by atoms with Crippen LogP contribution in [0, 0.1) is 13.8 Å². The van der Waals surface area contributed by atoms with Crippen molar-refractivity contribution in [2.24, 2.45) is 0 Å². The van der Waals surface area contributed by atoms with Crippen LogP contribution in [0.15, 0.2) is 28.4 Å². The predicted molar refractivity (Wildman–Crippen MR) is 107 cm³/mol. The summed E-state index contributed by atoms with van der Waals surface area (Å²) in [5.74, 6) is 0.900. The molecule has 4 heterocycles. The number of aryl methyl sites for hydroxylation is 2. The molecule has 1 amide bonds. The normalized spacial score (nSPS) is 15.4. The molecule has 0 saturated heterocycles. The average molecular weight is 400 g/mol. The fraction of sp³-hybridized carbons (Fsp3) is 0.450. The molecule has 7 nitrogen and oxygen atoms in total. The first kappa shape index (κ1) is 18.9. The zero-order valence-corrected chi connectivity index (χ0v) is 17.3. The number of hydrogen-bond acceptors (Lipinski definition) is 6. The second kappa shape index (κ2) is 7.89. The highest BCUT2D eigenvalue weighted by molar-refractivity contribution is 7.10. The summed E-state index contributed by atoms with van der Waals surface area (Å²) < 4.78 is 7.12. The fourth-order valence-electron chi connectivity index (χ4n) is 3.69. The molecule has 1 atom stereocenters. The molecule has 1 aliphatic heterocycles. The minimum absolute atomic E-state index is 0.0105. The predicted octanol–water partition coefficient (Wildman–Crippen LogP) is 2.93. The Balaban J connectivity index is 1.40. The maximum Gasteiger partial charge on any atom is 0.252 e. The Hall–Kier alpha value is -2.45. The third-order valence-electron chi connectivity index (χ3n) is 5.23. The van der Waals surface area contributed by atoms with Gasteiger partial charge in [0.15, 0.2) is 0 Å². The number of aromatic nitrogens is 3. The quantitative estimate of drug-likeness (QED) is 0.690. The van der Waals surface area contributed by atoms with E-state index in [1.165, 1.54) is 16.0 Å². The van der Waals surface area contributed by atoms with Gasteiger partial charge >= 0.3 is 0 Å². The summed E-state index contributed by atoms with van der Waals surface area (Å²) in [4.78, 5) is 16.5. The van der Waals surface area contributed by atoms with Gasteiger partial charge in [0.25, 0.3) is 5.91 Å². The highest BCUT2D eigenvalue weighted by Gasteiger charge is 2.25. The smallest absolute Gasteiger partial charge is 0.252 e. The number of nitrogens with zero attached hydrogens (tertiary/aromatic N) is 4. The third-order valence-corrected chi connectivity index (χ3v) is 6.24. The lowest BCUT2D eigenvalue weighted by Crippen LogP contribution is -2.37. The molecule has 0 radical (unpaired) electrons. The molecule has 1 N–H and O–H groups in total. The number of fused-ring (bicyclic) bond motifs is 1. The van der Waals surface area contributed by atoms with Crippen LogP contribution in [0.4, 0.5) is 0 Å². The van der Waals surface area contributed by atoms with E-state index in [0.717, 1.165) is 43.1 Å². The SMILES string of the molecule is Cc1noc(C)c1CN1CCc2c(C(=O)NC(C)Cn3cccn3)csc2C1. The second-order valence-corrected chi connectivity index (χ2v) is 8.38. The Morgan fingerprint density at radius 1 is 1.43 bits per heavy atom. The Labute approximate surface area is 168 Å². The lowest BCUT2D eigenvalue weighted by atomic mass is 10.0. The van der Waals surface area contributed by atoms with E-state index in [4.69, 9.17) is 4.52 Å². The molecule has 3 aromatic heterocycles. The molecule has 148 valence electrons. The molecular formula is C20H25N5O2S. The number of carbonyl (C=O) groups excluding carboxylic acids is 1. The molecule has 28 heavy (non-hydrogen) atoms. The van der Waals surface area contributed by atoms with Gasteiger partial charge in [0, 0.05) is 53.9 Å². The van der Waals surface area contributed by atoms with E-state index in [9.17, 15) is 4.79 Å². The summed E-state index contributed by atoms with van der Waals surface area (Å²) in [5.41, 5.74) is 4.15. The van der Waals surface area contributed by atoms with Gasteiger partial charge in [0.1, 0.15) is 5.76 Å². The average Bonchev–Trinajstić information content (AvgIpc) is 3.38. The summed E-state index contributed by atoms with van der Waals surface area (Å²) in [6.07, 6.45) is 4.54. The van der Waals surface area contributed by atoms with E-state index in [0.29, 0.717) is 6.54 Å². The number of hydrogen-bond donors (Lipinski definition) is 1. The lowest BCUT2D eigenvalue weighted by molar-refractivity contribution is 0.0934. The van der Waals surface area contributed by atoms with Gasteiger partial charge in [-0.25, -0.2) is 0 Å². The van der Waals surface area contributed by atoms with Gasteiger partial charge in [-0.2, -0.15) is 5.10 Å². The Morgan fingerprint density at radius 3 is 3.00 bits per heavy atom. The minimum Gasteiger partial charge on any atom is -0.361 e. The largest absolute Gasteiger partial charge is 0.361 e. The summed E-state index contributed by atoms with van der Waals surface area (Å²) >= 11 is 1.68. The molecule has 1 aliphatic rings. The summed E-state index contributed by atoms with van der Waals surface area (Å²) in [6.45, 7) is 9.24. The highest BCUT2D eigenvalue weighted by Crippen LogP contribution is 2.30. The van der Waals surface area contributed by atoms with Crippen LogP contribution >= 0.6 is 11.3 Å². The Morgan fingerprint density at radius 2 is 2.29 bits per heavy atom. The van der Waals surface area contributed by atoms with Crippen LogP contribution in [-0.2, 0) is 26.1 Å². The molecule has 8 heteroatoms. The van der Waals surface area contributed by atoms with Crippen LogP contribution in [0.5, 0.6) is 0 Å². The van der Waals surface area contributed by atoms with Crippen LogP contribution in [0.1, 0.15) is 44.7 Å². The van der Waals surface area contributed by atoms with Crippen LogP contribution in [0.25, 0.3) is 0 Å². The minimum atomic E-state index is 0.0105. The van der Waals surface area contributed by atoms with Crippen LogP contribution in [0.3, 0.4) is 0 Å². The van der Waals surface area contributed by atoms with E-state index in [1.807, 2.05) is 43.1 Å². The van der Waals surface area contributed by atoms with Crippen LogP contribution in [0.2, 0.25) is 0 Å². The van der Waals surface area contributed by atoms with Gasteiger partial charge in [-0.05, 0) is 38.8 Å². The molecule has 0 saturated carbocycles. The summed E-state index contributed by atoms with van der Waals surface area (Å²) in [6, 6.07) is 1.90. The first-order chi connectivity index (χ1) is 13.5. The van der Waals surface area contributed by atoms with Gasteiger partial charge in [0.05, 0.1) is 17.8 Å². The highest BCUT2D eigenvalue weighted by atomic mass is 32.1. The maximum absolute atomic E-state index is 12.8. The number of carbonyl (C=O) groups is 1. The van der Waals surface area contributed by atoms with E-state index in [1.54, 1.807) is 17.5 Å². The number of nitrogens with one attached hydrogen (secondary N) is 1. The zero-order chi connectivity index (χ0) is 19.7. The molecule has 0 bridgehead atoms. The van der Waals surface area contributed by atoms with Crippen LogP contribution < -0.4 is 5.32 Å². The van der Waals surface area contributed by atoms with Crippen molar-refractivity contribution >= 4 is 17.2 Å². The van der Waals surface area contributed by atoms with Crippen molar-refractivity contribution < 1.29 is 9.32 Å². The van der Waals surface area contributed by atoms with Crippen LogP contribution in [-0.4, -0.2) is 38.3 Å². The first-order valence-electron chi connectivity index (χ1n) is 9.53. The molecular weight excluding hydrogens is 374 g/mol. The second-order valence-electron chi connectivity index (χ2n) is 7.42. The molecule has 3 aromatic rings. The Bertz CT molecular complexity index is 940. The topological polar surface area (TPSA) is 76.2 Å². The van der Waals surface area contributed by atoms with Crippen molar-refractivity contribution in [2.75, 3.05) is 6.54 Å². The molecule has 0 aromatic carbocycles. The maximum atomic E-state index is 12.8. The van der Waals surface area contributed by atoms with Gasteiger partial charge in [-0.15, -0.1) is 11.3 Å². The van der Waals surface area contributed by atoms with Gasteiger partial charge in [-0.1, -0.05) is 5.16 Å². The summed E-state index contributed by atoms with van der Waals surface area (Å²) in [5, 5.41) is 13.4. The molecule has 4 rings (SSSR count). The van der Waals surface area contributed by atoms with Crippen molar-refractivity contribution in [3.8, 4) is 0 Å². The number of thiophene rings is 1. The molecule has 0 fully saturated rings. The van der Waals surface area contributed by atoms with Gasteiger partial charge in [-0.3, -0.25) is 14.4 Å². The van der Waals surface area contributed by atoms with Gasteiger partial charge in [0.2, 0.25) is 0 Å². The number of amides is 1. The van der Waals surface area contributed by atoms with Crippen molar-refractivity contribution in [1.29, 1.82) is 0 Å². The molecule has 0 aliphatic carbocycles. The third kappa shape index (κ3) is 3.88. The monoisotopic (exact) mass is 399 g/mol. The fourth-order valence-corrected chi connectivity index (χ4v) is 4.82. The Kier molecular flexibility index (Phi) is 5.32. The lowest BCUT2D eigenvalue weighted by Gasteiger charge is -2.27. The summed E-state index contributed by atoms with van der Waals surface area (Å²) in [7, 11) is 0. The van der Waals surface area contributed by atoms with E-state index in [-0.39, 0.29) is 11.9 Å². The first-order valence-corrected chi connectivity index (χ1v) is 10.4. The van der Waals surface area contributed by atoms with E-state index in [2.05, 4.69) is 20.5 Å². The van der Waals surface area contributed by atoms with E-state index < -0.39 is 0 Å². The molecule has 1 unspecified atom stereocenters. The standard InChI is InChI=1S/C20H25N5O2S/c1-13(9-25-7-4-6-21-25)22-20(26)18-12-28-19-11-24(8-5-16(18)19)10-17-14(2)23-27-15(17)3/h4,6-7,12-13H,5,8-11H2,1-3H3,(H,22,26). The zero-order valence-electron chi connectivity index (χ0n) is 16.4. The van der Waals surface area contributed by atoms with Gasteiger partial charge < -0.3 is 9.84 Å². The van der Waals surface area contributed by atoms with Crippen molar-refractivity contribution in [2.45, 2.75) is 52.9 Å². The van der Waals surface area contributed by atoms with Crippen molar-refractivity contribution in [3.05, 3.63) is 56.9 Å². The molecule has 0 spiro atoms. The van der Waals surface area contributed by atoms with Crippen molar-refractivity contribution in [3.63, 3.8) is 0 Å².